The fourth-order valence-corrected chi connectivity index (χ4v) is 5.36. The van der Waals surface area contributed by atoms with Gasteiger partial charge in [0.15, 0.2) is 23.3 Å². The van der Waals surface area contributed by atoms with Crippen molar-refractivity contribution in [3.05, 3.63) is 143 Å². The highest BCUT2D eigenvalue weighted by Crippen LogP contribution is 2.57. The largest absolute Gasteiger partial charge is 0.457 e. The molecule has 0 heterocycles. The molecule has 0 aromatic heterocycles. The Balaban J connectivity index is 1.67. The van der Waals surface area contributed by atoms with Gasteiger partial charge in [0, 0.05) is 12.2 Å². The van der Waals surface area contributed by atoms with Gasteiger partial charge in [-0.25, -0.2) is 36.7 Å². The third-order valence-corrected chi connectivity index (χ3v) is 8.12. The second-order valence-corrected chi connectivity index (χ2v) is 11.9. The number of hydrogen-bond acceptors (Lipinski definition) is 10. The first-order valence-corrected chi connectivity index (χ1v) is 16.2. The van der Waals surface area contributed by atoms with Gasteiger partial charge in [-0.15, -0.1) is 0 Å². The van der Waals surface area contributed by atoms with E-state index in [-0.39, 0.29) is 22.6 Å². The Labute approximate surface area is 326 Å². The summed E-state index contributed by atoms with van der Waals surface area (Å²) in [6.07, 6.45) is -11.6. The van der Waals surface area contributed by atoms with Crippen LogP contribution in [0.4, 0.5) is 43.9 Å². The summed E-state index contributed by atoms with van der Waals surface area (Å²) in [6, 6.07) is 4.70. The number of benzene rings is 4. The summed E-state index contributed by atoms with van der Waals surface area (Å²) in [4.78, 5) is 47.9. The van der Waals surface area contributed by atoms with Crippen LogP contribution in [-0.2, 0) is 24.5 Å². The predicted octanol–water partition coefficient (Wildman–Crippen LogP) is 8.84. The zero-order chi connectivity index (χ0) is 44.0. The molecule has 0 aliphatic carbocycles. The number of carbonyl (C=O) groups excluding carboxylic acids is 4. The molecule has 0 aliphatic rings. The van der Waals surface area contributed by atoms with E-state index in [1.54, 1.807) is 0 Å². The Morgan fingerprint density at radius 2 is 0.881 bits per heavy atom. The van der Waals surface area contributed by atoms with Gasteiger partial charge in [-0.05, 0) is 96.8 Å². The normalized spacial score (nSPS) is 11.6. The predicted molar refractivity (Wildman–Crippen MR) is 181 cm³/mol. The van der Waals surface area contributed by atoms with E-state index in [2.05, 4.69) is 32.1 Å². The van der Waals surface area contributed by atoms with Gasteiger partial charge in [-0.3, -0.25) is 0 Å². The summed E-state index contributed by atoms with van der Waals surface area (Å²) in [5.41, 5.74) is -10.9. The molecule has 0 saturated carbocycles. The molecule has 312 valence electrons. The zero-order valence-electron chi connectivity index (χ0n) is 30.1. The van der Waals surface area contributed by atoms with Crippen LogP contribution in [-0.4, -0.2) is 49.8 Å². The highest BCUT2D eigenvalue weighted by Gasteiger charge is 2.73. The number of hydrogen-bond donors (Lipinski definition) is 0. The summed E-state index contributed by atoms with van der Waals surface area (Å²) in [5, 5.41) is 0. The Morgan fingerprint density at radius 1 is 0.559 bits per heavy atom. The lowest BCUT2D eigenvalue weighted by molar-refractivity contribution is -0.288. The number of rotatable bonds is 14. The number of aryl methyl sites for hydroxylation is 2. The van der Waals surface area contributed by atoms with Crippen molar-refractivity contribution in [1.29, 1.82) is 0 Å². The summed E-state index contributed by atoms with van der Waals surface area (Å²) in [5.74, 6) is -17.2. The third kappa shape index (κ3) is 9.65. The van der Waals surface area contributed by atoms with Crippen molar-refractivity contribution in [3.63, 3.8) is 0 Å². The van der Waals surface area contributed by atoms with Gasteiger partial charge in [-0.1, -0.05) is 13.2 Å². The van der Waals surface area contributed by atoms with Crippen molar-refractivity contribution in [2.24, 2.45) is 0 Å². The van der Waals surface area contributed by atoms with Crippen LogP contribution in [0.2, 0.25) is 0 Å². The molecule has 4 rings (SSSR count). The minimum Gasteiger partial charge on any atom is -0.457 e. The molecule has 0 spiro atoms. The molecule has 20 heteroatoms. The van der Waals surface area contributed by atoms with Crippen molar-refractivity contribution in [1.82, 2.24) is 0 Å². The number of halogens is 10. The van der Waals surface area contributed by atoms with Gasteiger partial charge < -0.3 is 28.4 Å². The van der Waals surface area contributed by atoms with Crippen molar-refractivity contribution >= 4 is 23.9 Å². The standard InChI is InChI=1S/C39H26F10O10/c1-5-31(50)56-17-54-23-7-9-25(19(3)11-23)35(52)58-33-27(40)13-21(14-28(33)41)37(38(44,45)46,39(47,48)49)22-15-29(42)34(30(43)16-22)59-36(53)26-10-8-24(12-20(26)4)55-18-57-32(51)6-2/h5-16H,1-2,17-18H2,3-4H3. The van der Waals surface area contributed by atoms with E-state index in [9.17, 15) is 45.5 Å². The molecular formula is C39H26F10O10. The molecule has 0 aliphatic heterocycles. The quantitative estimate of drug-likeness (QED) is 0.0400. The maximum Gasteiger partial charge on any atom is 0.411 e. The van der Waals surface area contributed by atoms with E-state index >= 15 is 17.6 Å². The lowest BCUT2D eigenvalue weighted by Gasteiger charge is -2.38. The van der Waals surface area contributed by atoms with Crippen LogP contribution in [0.1, 0.15) is 43.0 Å². The Morgan fingerprint density at radius 3 is 1.15 bits per heavy atom. The van der Waals surface area contributed by atoms with Crippen LogP contribution in [0.25, 0.3) is 0 Å². The van der Waals surface area contributed by atoms with Crippen LogP contribution in [0, 0.1) is 37.1 Å². The maximum absolute atomic E-state index is 15.3. The van der Waals surface area contributed by atoms with Crippen LogP contribution in [0.15, 0.2) is 86.0 Å². The molecule has 0 N–H and O–H groups in total. The van der Waals surface area contributed by atoms with E-state index in [1.807, 2.05) is 0 Å². The first-order valence-electron chi connectivity index (χ1n) is 16.2. The molecular weight excluding hydrogens is 818 g/mol. The lowest BCUT2D eigenvalue weighted by Crippen LogP contribution is -2.55. The Bertz CT molecular complexity index is 2110. The average Bonchev–Trinajstić information content (AvgIpc) is 3.13. The van der Waals surface area contributed by atoms with Gasteiger partial charge in [0.25, 0.3) is 0 Å². The number of carbonyl (C=O) groups is 4. The van der Waals surface area contributed by atoms with Gasteiger partial charge in [0.2, 0.25) is 30.5 Å². The molecule has 10 nitrogen and oxygen atoms in total. The average molecular weight is 845 g/mol. The van der Waals surface area contributed by atoms with Gasteiger partial charge in [0.1, 0.15) is 11.5 Å². The minimum absolute atomic E-state index is 0.0197. The van der Waals surface area contributed by atoms with Gasteiger partial charge in [-0.2, -0.15) is 26.3 Å². The van der Waals surface area contributed by atoms with E-state index in [0.717, 1.165) is 36.4 Å². The van der Waals surface area contributed by atoms with E-state index < -0.39 is 137 Å². The first kappa shape index (κ1) is 44.8. The molecule has 0 amide bonds. The van der Waals surface area contributed by atoms with Crippen molar-refractivity contribution in [2.75, 3.05) is 13.6 Å². The SMILES string of the molecule is C=CC(=O)OCOc1ccc(C(=O)Oc2c(F)cc(C(c3cc(F)c(OC(=O)c4ccc(OCOC(=O)C=C)cc4C)c(F)c3)(C(F)(F)F)C(F)(F)F)cc2F)c(C)c1. The second-order valence-electron chi connectivity index (χ2n) is 11.9. The van der Waals surface area contributed by atoms with Gasteiger partial charge >= 0.3 is 36.2 Å². The lowest BCUT2D eigenvalue weighted by atomic mass is 9.72. The highest BCUT2D eigenvalue weighted by atomic mass is 19.4. The fraction of sp³-hybridized carbons (Fsp3) is 0.179. The molecule has 0 fully saturated rings. The fourth-order valence-electron chi connectivity index (χ4n) is 5.36. The second kappa shape index (κ2) is 17.7. The van der Waals surface area contributed by atoms with E-state index in [4.69, 9.17) is 9.47 Å². The van der Waals surface area contributed by atoms with Crippen LogP contribution >= 0.6 is 0 Å². The monoisotopic (exact) mass is 844 g/mol. The van der Waals surface area contributed by atoms with Crippen LogP contribution in [0.3, 0.4) is 0 Å². The molecule has 0 unspecified atom stereocenters. The molecule has 4 aromatic carbocycles. The number of esters is 4. The summed E-state index contributed by atoms with van der Waals surface area (Å²) in [7, 11) is 0. The van der Waals surface area contributed by atoms with Crippen molar-refractivity contribution < 1.29 is 91.5 Å². The molecule has 0 bridgehead atoms. The molecule has 59 heavy (non-hydrogen) atoms. The van der Waals surface area contributed by atoms with E-state index in [1.165, 1.54) is 26.0 Å². The molecule has 0 saturated heterocycles. The Hall–Kier alpha value is -6.86. The van der Waals surface area contributed by atoms with Crippen molar-refractivity contribution in [2.45, 2.75) is 31.6 Å². The highest BCUT2D eigenvalue weighted by molar-refractivity contribution is 5.93. The summed E-state index contributed by atoms with van der Waals surface area (Å²) in [6.45, 7) is 7.75. The van der Waals surface area contributed by atoms with Crippen LogP contribution < -0.4 is 18.9 Å². The smallest absolute Gasteiger partial charge is 0.411 e. The summed E-state index contributed by atoms with van der Waals surface area (Å²) >= 11 is 0. The Kier molecular flexibility index (Phi) is 13.5. The number of ether oxygens (including phenoxy) is 6. The molecule has 4 aromatic rings. The first-order chi connectivity index (χ1) is 27.5. The van der Waals surface area contributed by atoms with Gasteiger partial charge in [0.05, 0.1) is 11.1 Å². The van der Waals surface area contributed by atoms with Crippen molar-refractivity contribution in [3.8, 4) is 23.0 Å². The molecule has 0 radical (unpaired) electrons. The topological polar surface area (TPSA) is 124 Å². The van der Waals surface area contributed by atoms with E-state index in [0.29, 0.717) is 0 Å². The third-order valence-electron chi connectivity index (χ3n) is 8.12. The maximum atomic E-state index is 15.3. The molecule has 0 atom stereocenters. The van der Waals surface area contributed by atoms with Crippen LogP contribution in [0.5, 0.6) is 23.0 Å². The summed E-state index contributed by atoms with van der Waals surface area (Å²) < 4.78 is 179. The minimum atomic E-state index is -6.63. The number of alkyl halides is 6. The zero-order valence-corrected chi connectivity index (χ0v) is 30.1.